The molecule has 0 radical (unpaired) electrons. The van der Waals surface area contributed by atoms with Crippen LogP contribution in [0.4, 0.5) is 0 Å². The third-order valence-corrected chi connectivity index (χ3v) is 5.57. The van der Waals surface area contributed by atoms with Gasteiger partial charge in [-0.25, -0.2) is 0 Å². The Kier molecular flexibility index (Phi) is 3.90. The summed E-state index contributed by atoms with van der Waals surface area (Å²) in [6, 6.07) is 0. The van der Waals surface area contributed by atoms with Gasteiger partial charge in [0.15, 0.2) is 0 Å². The second-order valence-corrected chi connectivity index (χ2v) is 7.17. The maximum Gasteiger partial charge on any atom is 0.228 e. The fourth-order valence-electron chi connectivity index (χ4n) is 4.18. The zero-order valence-corrected chi connectivity index (χ0v) is 12.7. The minimum atomic E-state index is 0.0750. The molecule has 5 nitrogen and oxygen atoms in total. The summed E-state index contributed by atoms with van der Waals surface area (Å²) in [4.78, 5) is 17.4. The fraction of sp³-hybridized carbons (Fsp3) is 0.938. The smallest absolute Gasteiger partial charge is 0.228 e. The van der Waals surface area contributed by atoms with Crippen molar-refractivity contribution >= 4 is 5.91 Å². The van der Waals surface area contributed by atoms with Crippen molar-refractivity contribution in [1.29, 1.82) is 0 Å². The molecule has 1 saturated carbocycles. The first-order valence-corrected chi connectivity index (χ1v) is 8.48. The van der Waals surface area contributed by atoms with Crippen LogP contribution in [0.5, 0.6) is 0 Å². The summed E-state index contributed by atoms with van der Waals surface area (Å²) in [7, 11) is 0. The monoisotopic (exact) mass is 294 g/mol. The van der Waals surface area contributed by atoms with Crippen molar-refractivity contribution in [2.45, 2.75) is 12.8 Å². The fourth-order valence-corrected chi connectivity index (χ4v) is 4.18. The highest BCUT2D eigenvalue weighted by atomic mass is 16.5. The third-order valence-electron chi connectivity index (χ3n) is 5.57. The number of carbonyl (C=O) groups is 1. The van der Waals surface area contributed by atoms with E-state index < -0.39 is 0 Å². The lowest BCUT2D eigenvalue weighted by atomic mass is 9.82. The topological polar surface area (TPSA) is 42.0 Å². The number of nitrogens with zero attached hydrogens (tertiary/aromatic N) is 2. The average molecular weight is 294 g/mol. The molecule has 0 N–H and O–H groups in total. The van der Waals surface area contributed by atoms with Gasteiger partial charge in [0.25, 0.3) is 0 Å². The van der Waals surface area contributed by atoms with E-state index in [1.807, 2.05) is 4.90 Å². The number of rotatable bonds is 3. The summed E-state index contributed by atoms with van der Waals surface area (Å²) in [5.74, 6) is 2.38. The van der Waals surface area contributed by atoms with Crippen molar-refractivity contribution in [3.8, 4) is 0 Å². The van der Waals surface area contributed by atoms with Crippen molar-refractivity contribution in [1.82, 2.24) is 9.80 Å². The molecule has 3 saturated heterocycles. The molecule has 3 aliphatic heterocycles. The van der Waals surface area contributed by atoms with E-state index in [4.69, 9.17) is 9.47 Å². The first-order chi connectivity index (χ1) is 10.3. The molecule has 0 bridgehead atoms. The first-order valence-electron chi connectivity index (χ1n) is 8.48. The molecular formula is C16H26N2O3. The van der Waals surface area contributed by atoms with E-state index in [0.29, 0.717) is 37.6 Å². The molecule has 0 unspecified atom stereocenters. The third kappa shape index (κ3) is 2.96. The highest BCUT2D eigenvalue weighted by molar-refractivity contribution is 5.79. The molecular weight excluding hydrogens is 268 g/mol. The molecule has 21 heavy (non-hydrogen) atoms. The van der Waals surface area contributed by atoms with E-state index in [9.17, 15) is 4.79 Å². The highest BCUT2D eigenvalue weighted by Crippen LogP contribution is 2.38. The minimum absolute atomic E-state index is 0.0750. The first kappa shape index (κ1) is 14.0. The minimum Gasteiger partial charge on any atom is -0.380 e. The van der Waals surface area contributed by atoms with Gasteiger partial charge in [0.2, 0.25) is 5.91 Å². The van der Waals surface area contributed by atoms with Crippen LogP contribution in [0.25, 0.3) is 0 Å². The van der Waals surface area contributed by atoms with Crippen LogP contribution in [-0.2, 0) is 14.3 Å². The molecule has 1 aliphatic carbocycles. The average Bonchev–Trinajstić information content (AvgIpc) is 3.23. The maximum atomic E-state index is 12.8. The lowest BCUT2D eigenvalue weighted by Crippen LogP contribution is -2.49. The Balaban J connectivity index is 1.40. The van der Waals surface area contributed by atoms with Crippen molar-refractivity contribution in [3.63, 3.8) is 0 Å². The summed E-state index contributed by atoms with van der Waals surface area (Å²) in [5.41, 5.74) is 0. The van der Waals surface area contributed by atoms with Gasteiger partial charge < -0.3 is 19.3 Å². The Morgan fingerprint density at radius 2 is 1.86 bits per heavy atom. The molecule has 1 amide bonds. The number of fused-ring (bicyclic) bond motifs is 1. The van der Waals surface area contributed by atoms with Crippen molar-refractivity contribution in [2.75, 3.05) is 59.2 Å². The number of ether oxygens (including phenoxy) is 2. The van der Waals surface area contributed by atoms with Gasteiger partial charge in [-0.1, -0.05) is 0 Å². The highest BCUT2D eigenvalue weighted by Gasteiger charge is 2.45. The number of hydrogen-bond acceptors (Lipinski definition) is 4. The Labute approximate surface area is 126 Å². The summed E-state index contributed by atoms with van der Waals surface area (Å²) in [6.45, 7) is 7.80. The van der Waals surface area contributed by atoms with Crippen molar-refractivity contribution in [3.05, 3.63) is 0 Å². The molecule has 0 aromatic rings. The van der Waals surface area contributed by atoms with Gasteiger partial charge in [-0.3, -0.25) is 4.79 Å². The van der Waals surface area contributed by atoms with E-state index in [-0.39, 0.29) is 5.92 Å². The van der Waals surface area contributed by atoms with E-state index in [1.165, 1.54) is 19.4 Å². The second-order valence-electron chi connectivity index (χ2n) is 7.17. The summed E-state index contributed by atoms with van der Waals surface area (Å²) in [5, 5.41) is 0. The molecule has 5 heteroatoms. The lowest BCUT2D eigenvalue weighted by Gasteiger charge is -2.36. The SMILES string of the molecule is O=C([C@H]1COC[C@H]2CN(CC3CC3)C[C@H]21)N1CCOCC1. The molecule has 4 aliphatic rings. The van der Waals surface area contributed by atoms with Crippen LogP contribution in [0.1, 0.15) is 12.8 Å². The number of hydrogen-bond donors (Lipinski definition) is 0. The van der Waals surface area contributed by atoms with E-state index in [0.717, 1.165) is 38.7 Å². The van der Waals surface area contributed by atoms with Gasteiger partial charge >= 0.3 is 0 Å². The quantitative estimate of drug-likeness (QED) is 0.758. The molecule has 3 atom stereocenters. The summed E-state index contributed by atoms with van der Waals surface area (Å²) < 4.78 is 11.1. The zero-order chi connectivity index (χ0) is 14.2. The van der Waals surface area contributed by atoms with Gasteiger partial charge in [0, 0.05) is 32.7 Å². The van der Waals surface area contributed by atoms with Gasteiger partial charge in [-0.15, -0.1) is 0 Å². The van der Waals surface area contributed by atoms with Crippen LogP contribution >= 0.6 is 0 Å². The van der Waals surface area contributed by atoms with Gasteiger partial charge in [-0.2, -0.15) is 0 Å². The number of likely N-dealkylation sites (tertiary alicyclic amines) is 1. The standard InChI is InChI=1S/C16H26N2O3/c19-16(18-3-5-20-6-4-18)15-11-21-10-13-8-17(9-14(13)15)7-12-1-2-12/h12-15H,1-11H2/t13-,14-,15+/m1/s1. The number of carbonyl (C=O) groups excluding carboxylic acids is 1. The number of morpholine rings is 1. The van der Waals surface area contributed by atoms with Crippen LogP contribution in [0.2, 0.25) is 0 Å². The summed E-state index contributed by atoms with van der Waals surface area (Å²) >= 11 is 0. The Morgan fingerprint density at radius 1 is 1.05 bits per heavy atom. The molecule has 0 aromatic carbocycles. The lowest BCUT2D eigenvalue weighted by molar-refractivity contribution is -0.148. The molecule has 0 aromatic heterocycles. The van der Waals surface area contributed by atoms with Crippen LogP contribution in [-0.4, -0.2) is 74.9 Å². The van der Waals surface area contributed by atoms with E-state index in [1.54, 1.807) is 0 Å². The van der Waals surface area contributed by atoms with Crippen molar-refractivity contribution < 1.29 is 14.3 Å². The Hall–Kier alpha value is -0.650. The predicted molar refractivity (Wildman–Crippen MR) is 77.9 cm³/mol. The normalized spacial score (nSPS) is 37.5. The molecule has 3 heterocycles. The molecule has 0 spiro atoms. The van der Waals surface area contributed by atoms with Crippen LogP contribution in [0.15, 0.2) is 0 Å². The molecule has 4 rings (SSSR count). The zero-order valence-electron chi connectivity index (χ0n) is 12.7. The van der Waals surface area contributed by atoms with E-state index in [2.05, 4.69) is 4.90 Å². The van der Waals surface area contributed by atoms with Crippen LogP contribution in [0, 0.1) is 23.7 Å². The van der Waals surface area contributed by atoms with Gasteiger partial charge in [0.05, 0.1) is 32.3 Å². The van der Waals surface area contributed by atoms with Crippen molar-refractivity contribution in [2.24, 2.45) is 23.7 Å². The largest absolute Gasteiger partial charge is 0.380 e. The number of amides is 1. The molecule has 118 valence electrons. The van der Waals surface area contributed by atoms with Gasteiger partial charge in [-0.05, 0) is 30.6 Å². The second kappa shape index (κ2) is 5.86. The Morgan fingerprint density at radius 3 is 2.62 bits per heavy atom. The van der Waals surface area contributed by atoms with Crippen LogP contribution in [0.3, 0.4) is 0 Å². The predicted octanol–water partition coefficient (Wildman–Crippen LogP) is 0.450. The van der Waals surface area contributed by atoms with Gasteiger partial charge in [0.1, 0.15) is 0 Å². The van der Waals surface area contributed by atoms with E-state index >= 15 is 0 Å². The maximum absolute atomic E-state index is 12.8. The Bertz CT molecular complexity index is 393. The summed E-state index contributed by atoms with van der Waals surface area (Å²) in [6.07, 6.45) is 2.80. The van der Waals surface area contributed by atoms with Crippen LogP contribution < -0.4 is 0 Å². The molecule has 4 fully saturated rings.